The van der Waals surface area contributed by atoms with Crippen LogP contribution in [-0.2, 0) is 4.79 Å². The van der Waals surface area contributed by atoms with E-state index < -0.39 is 12.0 Å². The summed E-state index contributed by atoms with van der Waals surface area (Å²) in [5.41, 5.74) is 7.86. The molecule has 0 saturated heterocycles. The van der Waals surface area contributed by atoms with Crippen molar-refractivity contribution in [3.05, 3.63) is 11.3 Å². The first kappa shape index (κ1) is 11.0. The highest BCUT2D eigenvalue weighted by molar-refractivity contribution is 5.78. The molecule has 1 aliphatic rings. The van der Waals surface area contributed by atoms with Crippen LogP contribution in [0, 0.1) is 0 Å². The number of carboxylic acid groups (broad SMARTS) is 1. The van der Waals surface area contributed by atoms with Gasteiger partial charge in [0.15, 0.2) is 0 Å². The number of hydrogen-bond acceptors (Lipinski definition) is 3. The minimum atomic E-state index is -0.799. The standard InChI is InChI=1S/C10H18N2O2/c1-3-5-7-8(6-4-2)11-12-9(7)10(13)14/h9,11-12H,3-6H2,1-2H3,(H,13,14). The second-order valence-corrected chi connectivity index (χ2v) is 3.54. The van der Waals surface area contributed by atoms with E-state index in [1.807, 2.05) is 0 Å². The third-order valence-corrected chi connectivity index (χ3v) is 2.37. The first-order valence-electron chi connectivity index (χ1n) is 5.17. The number of carbonyl (C=O) groups is 1. The van der Waals surface area contributed by atoms with Crippen molar-refractivity contribution in [1.82, 2.24) is 10.9 Å². The predicted molar refractivity (Wildman–Crippen MR) is 54.5 cm³/mol. The number of hydrazine groups is 1. The van der Waals surface area contributed by atoms with Crippen LogP contribution in [0.4, 0.5) is 0 Å². The van der Waals surface area contributed by atoms with Gasteiger partial charge in [-0.15, -0.1) is 0 Å². The summed E-state index contributed by atoms with van der Waals surface area (Å²) in [6.45, 7) is 4.15. The van der Waals surface area contributed by atoms with Crippen molar-refractivity contribution < 1.29 is 9.90 Å². The van der Waals surface area contributed by atoms with Gasteiger partial charge >= 0.3 is 5.97 Å². The maximum atomic E-state index is 10.9. The first-order chi connectivity index (χ1) is 6.70. The number of carboxylic acids is 1. The van der Waals surface area contributed by atoms with Crippen LogP contribution >= 0.6 is 0 Å². The van der Waals surface area contributed by atoms with E-state index in [0.717, 1.165) is 37.0 Å². The second-order valence-electron chi connectivity index (χ2n) is 3.54. The van der Waals surface area contributed by atoms with Crippen LogP contribution in [-0.4, -0.2) is 17.1 Å². The van der Waals surface area contributed by atoms with Gasteiger partial charge in [0.2, 0.25) is 0 Å². The van der Waals surface area contributed by atoms with Crippen LogP contribution in [0.25, 0.3) is 0 Å². The Kier molecular flexibility index (Phi) is 3.95. The molecule has 0 aromatic carbocycles. The van der Waals surface area contributed by atoms with E-state index in [9.17, 15) is 4.79 Å². The van der Waals surface area contributed by atoms with Crippen molar-refractivity contribution in [1.29, 1.82) is 0 Å². The molecule has 0 spiro atoms. The fraction of sp³-hybridized carbons (Fsp3) is 0.700. The number of allylic oxidation sites excluding steroid dienone is 1. The summed E-state index contributed by atoms with van der Waals surface area (Å²) >= 11 is 0. The lowest BCUT2D eigenvalue weighted by Gasteiger charge is -2.08. The molecule has 0 aromatic heterocycles. The normalized spacial score (nSPS) is 21.1. The molecule has 0 bridgehead atoms. The summed E-state index contributed by atoms with van der Waals surface area (Å²) in [5.74, 6) is -0.799. The second kappa shape index (κ2) is 5.00. The number of hydrogen-bond donors (Lipinski definition) is 3. The van der Waals surface area contributed by atoms with Crippen molar-refractivity contribution in [3.8, 4) is 0 Å². The Labute approximate surface area is 84.4 Å². The van der Waals surface area contributed by atoms with Crippen molar-refractivity contribution in [2.75, 3.05) is 0 Å². The molecule has 14 heavy (non-hydrogen) atoms. The molecular weight excluding hydrogens is 180 g/mol. The third kappa shape index (κ3) is 2.26. The Morgan fingerprint density at radius 2 is 2.00 bits per heavy atom. The lowest BCUT2D eigenvalue weighted by atomic mass is 10.0. The lowest BCUT2D eigenvalue weighted by molar-refractivity contribution is -0.138. The van der Waals surface area contributed by atoms with Gasteiger partial charge in [-0.1, -0.05) is 26.7 Å². The van der Waals surface area contributed by atoms with Gasteiger partial charge in [0, 0.05) is 5.70 Å². The lowest BCUT2D eigenvalue weighted by Crippen LogP contribution is -2.38. The highest BCUT2D eigenvalue weighted by atomic mass is 16.4. The van der Waals surface area contributed by atoms with Crippen molar-refractivity contribution in [2.45, 2.75) is 45.6 Å². The predicted octanol–water partition coefficient (Wildman–Crippen LogP) is 1.40. The van der Waals surface area contributed by atoms with E-state index in [0.29, 0.717) is 0 Å². The van der Waals surface area contributed by atoms with Crippen molar-refractivity contribution >= 4 is 5.97 Å². The molecule has 0 amide bonds. The molecule has 80 valence electrons. The third-order valence-electron chi connectivity index (χ3n) is 2.37. The molecule has 1 aliphatic heterocycles. The smallest absolute Gasteiger partial charge is 0.326 e. The van der Waals surface area contributed by atoms with Crippen LogP contribution in [0.2, 0.25) is 0 Å². The van der Waals surface area contributed by atoms with Gasteiger partial charge in [-0.05, 0) is 18.4 Å². The Hall–Kier alpha value is -1.03. The molecule has 3 N–H and O–H groups in total. The molecular formula is C10H18N2O2. The maximum absolute atomic E-state index is 10.9. The molecule has 1 atom stereocenters. The number of rotatable bonds is 5. The molecule has 1 rings (SSSR count). The van der Waals surface area contributed by atoms with E-state index in [1.54, 1.807) is 0 Å². The molecule has 0 saturated carbocycles. The van der Waals surface area contributed by atoms with Gasteiger partial charge in [-0.25, -0.2) is 5.43 Å². The van der Waals surface area contributed by atoms with Crippen LogP contribution < -0.4 is 10.9 Å². The van der Waals surface area contributed by atoms with E-state index in [2.05, 4.69) is 24.7 Å². The molecule has 0 radical (unpaired) electrons. The van der Waals surface area contributed by atoms with Gasteiger partial charge in [0.05, 0.1) is 0 Å². The quantitative estimate of drug-likeness (QED) is 0.625. The number of nitrogens with one attached hydrogen (secondary N) is 2. The zero-order valence-corrected chi connectivity index (χ0v) is 8.76. The summed E-state index contributed by atoms with van der Waals surface area (Å²) in [6, 6.07) is -0.531. The molecule has 4 nitrogen and oxygen atoms in total. The topological polar surface area (TPSA) is 61.4 Å². The van der Waals surface area contributed by atoms with Gasteiger partial charge < -0.3 is 10.5 Å². The van der Waals surface area contributed by atoms with Crippen molar-refractivity contribution in [3.63, 3.8) is 0 Å². The zero-order valence-electron chi connectivity index (χ0n) is 8.76. The van der Waals surface area contributed by atoms with Crippen LogP contribution in [0.15, 0.2) is 11.3 Å². The van der Waals surface area contributed by atoms with Crippen LogP contribution in [0.5, 0.6) is 0 Å². The molecule has 0 aromatic rings. The first-order valence-corrected chi connectivity index (χ1v) is 5.17. The monoisotopic (exact) mass is 198 g/mol. The minimum absolute atomic E-state index is 0.531. The molecule has 0 aliphatic carbocycles. The average Bonchev–Trinajstić information content (AvgIpc) is 2.50. The molecule has 1 heterocycles. The fourth-order valence-corrected chi connectivity index (χ4v) is 1.75. The van der Waals surface area contributed by atoms with E-state index >= 15 is 0 Å². The maximum Gasteiger partial charge on any atom is 0.326 e. The van der Waals surface area contributed by atoms with Gasteiger partial charge in [-0.3, -0.25) is 4.79 Å². The Bertz CT molecular complexity index is 249. The van der Waals surface area contributed by atoms with Crippen LogP contribution in [0.3, 0.4) is 0 Å². The largest absolute Gasteiger partial charge is 0.480 e. The van der Waals surface area contributed by atoms with Gasteiger partial charge in [0.1, 0.15) is 6.04 Å². The SMILES string of the molecule is CCCC1=C(CCC)C(C(=O)O)NN1. The Morgan fingerprint density at radius 1 is 1.36 bits per heavy atom. The summed E-state index contributed by atoms with van der Waals surface area (Å²) in [6.07, 6.45) is 3.79. The van der Waals surface area contributed by atoms with E-state index in [-0.39, 0.29) is 0 Å². The Balaban J connectivity index is 2.78. The van der Waals surface area contributed by atoms with Gasteiger partial charge in [0.25, 0.3) is 0 Å². The summed E-state index contributed by atoms with van der Waals surface area (Å²) in [5, 5.41) is 8.96. The minimum Gasteiger partial charge on any atom is -0.480 e. The molecule has 0 fully saturated rings. The molecule has 4 heteroatoms. The highest BCUT2D eigenvalue weighted by Crippen LogP contribution is 2.21. The fourth-order valence-electron chi connectivity index (χ4n) is 1.75. The molecule has 1 unspecified atom stereocenters. The Morgan fingerprint density at radius 3 is 2.50 bits per heavy atom. The van der Waals surface area contributed by atoms with Gasteiger partial charge in [-0.2, -0.15) is 0 Å². The van der Waals surface area contributed by atoms with E-state index in [1.165, 1.54) is 0 Å². The van der Waals surface area contributed by atoms with Crippen LogP contribution in [0.1, 0.15) is 39.5 Å². The highest BCUT2D eigenvalue weighted by Gasteiger charge is 2.29. The summed E-state index contributed by atoms with van der Waals surface area (Å²) in [7, 11) is 0. The average molecular weight is 198 g/mol. The van der Waals surface area contributed by atoms with E-state index in [4.69, 9.17) is 5.11 Å². The number of aliphatic carboxylic acids is 1. The summed E-state index contributed by atoms with van der Waals surface area (Å²) < 4.78 is 0. The zero-order chi connectivity index (χ0) is 10.6. The van der Waals surface area contributed by atoms with Crippen molar-refractivity contribution in [2.24, 2.45) is 0 Å². The summed E-state index contributed by atoms with van der Waals surface area (Å²) in [4.78, 5) is 10.9.